The second-order valence-electron chi connectivity index (χ2n) is 5.40. The fourth-order valence-corrected chi connectivity index (χ4v) is 2.47. The lowest BCUT2D eigenvalue weighted by Crippen LogP contribution is -2.18. The molecule has 3 rings (SSSR count). The van der Waals surface area contributed by atoms with E-state index in [0.717, 1.165) is 18.1 Å². The van der Waals surface area contributed by atoms with E-state index >= 15 is 0 Å². The van der Waals surface area contributed by atoms with E-state index in [2.05, 4.69) is 57.1 Å². The van der Waals surface area contributed by atoms with E-state index in [1.54, 1.807) is 6.20 Å². The molecule has 2 aromatic heterocycles. The molecule has 1 atom stereocenters. The van der Waals surface area contributed by atoms with Gasteiger partial charge in [0.1, 0.15) is 5.82 Å². The van der Waals surface area contributed by atoms with Crippen LogP contribution < -0.4 is 5.32 Å². The predicted octanol–water partition coefficient (Wildman–Crippen LogP) is 3.43. The van der Waals surface area contributed by atoms with Gasteiger partial charge in [0, 0.05) is 43.1 Å². The molecular formula is C18H20N4. The average molecular weight is 292 g/mol. The summed E-state index contributed by atoms with van der Waals surface area (Å²) in [4.78, 5) is 8.39. The van der Waals surface area contributed by atoms with Gasteiger partial charge in [-0.25, -0.2) is 4.98 Å². The van der Waals surface area contributed by atoms with Crippen LogP contribution in [0.25, 0.3) is 5.69 Å². The lowest BCUT2D eigenvalue weighted by molar-refractivity contribution is 0.574. The Hall–Kier alpha value is -2.46. The van der Waals surface area contributed by atoms with E-state index in [0.29, 0.717) is 0 Å². The summed E-state index contributed by atoms with van der Waals surface area (Å²) in [6.07, 6.45) is 7.49. The van der Waals surface area contributed by atoms with Gasteiger partial charge in [-0.05, 0) is 43.2 Å². The lowest BCUT2D eigenvalue weighted by Gasteiger charge is -2.15. The van der Waals surface area contributed by atoms with E-state index in [1.807, 2.05) is 31.6 Å². The van der Waals surface area contributed by atoms with Crippen molar-refractivity contribution >= 4 is 0 Å². The van der Waals surface area contributed by atoms with Gasteiger partial charge >= 0.3 is 0 Å². The molecule has 0 spiro atoms. The number of imidazole rings is 1. The zero-order valence-corrected chi connectivity index (χ0v) is 12.9. The number of hydrogen-bond acceptors (Lipinski definition) is 3. The normalized spacial score (nSPS) is 12.3. The number of aryl methyl sites for hydroxylation is 1. The SMILES string of the molecule is Cc1nccn1-c1ccc([C@H](C)NCc2cccnc2)cc1. The van der Waals surface area contributed by atoms with Gasteiger partial charge in [-0.1, -0.05) is 18.2 Å². The molecule has 0 aliphatic heterocycles. The second kappa shape index (κ2) is 6.54. The molecule has 112 valence electrons. The maximum absolute atomic E-state index is 4.26. The molecule has 0 fully saturated rings. The molecule has 2 heterocycles. The van der Waals surface area contributed by atoms with Gasteiger partial charge in [0.25, 0.3) is 0 Å². The molecule has 3 aromatic rings. The summed E-state index contributed by atoms with van der Waals surface area (Å²) in [5.74, 6) is 0.996. The summed E-state index contributed by atoms with van der Waals surface area (Å²) < 4.78 is 2.08. The summed E-state index contributed by atoms with van der Waals surface area (Å²) in [5.41, 5.74) is 3.60. The molecule has 0 saturated heterocycles. The molecule has 0 amide bonds. The summed E-state index contributed by atoms with van der Waals surface area (Å²) >= 11 is 0. The highest BCUT2D eigenvalue weighted by molar-refractivity contribution is 5.36. The fraction of sp³-hybridized carbons (Fsp3) is 0.222. The minimum Gasteiger partial charge on any atom is -0.306 e. The van der Waals surface area contributed by atoms with Crippen molar-refractivity contribution in [3.63, 3.8) is 0 Å². The quantitative estimate of drug-likeness (QED) is 0.783. The van der Waals surface area contributed by atoms with Crippen molar-refractivity contribution in [3.05, 3.63) is 78.1 Å². The van der Waals surface area contributed by atoms with Gasteiger partial charge in [-0.15, -0.1) is 0 Å². The summed E-state index contributed by atoms with van der Waals surface area (Å²) in [7, 11) is 0. The predicted molar refractivity (Wildman–Crippen MR) is 87.8 cm³/mol. The first-order chi connectivity index (χ1) is 10.7. The van der Waals surface area contributed by atoms with Crippen molar-refractivity contribution in [2.45, 2.75) is 26.4 Å². The molecule has 22 heavy (non-hydrogen) atoms. The Balaban J connectivity index is 1.66. The minimum absolute atomic E-state index is 0.290. The number of pyridine rings is 1. The Kier molecular flexibility index (Phi) is 4.30. The highest BCUT2D eigenvalue weighted by Crippen LogP contribution is 2.17. The largest absolute Gasteiger partial charge is 0.306 e. The van der Waals surface area contributed by atoms with Gasteiger partial charge in [-0.3, -0.25) is 4.98 Å². The lowest BCUT2D eigenvalue weighted by atomic mass is 10.1. The zero-order chi connectivity index (χ0) is 15.4. The van der Waals surface area contributed by atoms with Crippen LogP contribution >= 0.6 is 0 Å². The van der Waals surface area contributed by atoms with E-state index in [4.69, 9.17) is 0 Å². The maximum Gasteiger partial charge on any atom is 0.110 e. The van der Waals surface area contributed by atoms with Crippen molar-refractivity contribution in [2.24, 2.45) is 0 Å². The Bertz CT molecular complexity index is 716. The number of nitrogens with one attached hydrogen (secondary N) is 1. The van der Waals surface area contributed by atoms with Crippen LogP contribution in [-0.4, -0.2) is 14.5 Å². The van der Waals surface area contributed by atoms with Gasteiger partial charge in [0.2, 0.25) is 0 Å². The van der Waals surface area contributed by atoms with E-state index in [1.165, 1.54) is 11.1 Å². The molecule has 0 bridgehead atoms. The summed E-state index contributed by atoms with van der Waals surface area (Å²) in [6.45, 7) is 5.00. The first kappa shape index (κ1) is 14.5. The van der Waals surface area contributed by atoms with Crippen LogP contribution in [0, 0.1) is 6.92 Å². The average Bonchev–Trinajstić information content (AvgIpc) is 3.00. The number of hydrogen-bond donors (Lipinski definition) is 1. The van der Waals surface area contributed by atoms with Crippen molar-refractivity contribution in [1.82, 2.24) is 19.9 Å². The van der Waals surface area contributed by atoms with Gasteiger partial charge < -0.3 is 9.88 Å². The first-order valence-corrected chi connectivity index (χ1v) is 7.46. The Morgan fingerprint density at radius 1 is 1.14 bits per heavy atom. The Labute approximate surface area is 130 Å². The number of benzene rings is 1. The minimum atomic E-state index is 0.290. The van der Waals surface area contributed by atoms with Crippen LogP contribution in [0.3, 0.4) is 0 Å². The topological polar surface area (TPSA) is 42.7 Å². The number of rotatable bonds is 5. The molecule has 0 saturated carbocycles. The van der Waals surface area contributed by atoms with Gasteiger partial charge in [0.05, 0.1) is 0 Å². The zero-order valence-electron chi connectivity index (χ0n) is 12.9. The van der Waals surface area contributed by atoms with Crippen molar-refractivity contribution in [3.8, 4) is 5.69 Å². The van der Waals surface area contributed by atoms with Crippen LogP contribution in [0.1, 0.15) is 29.9 Å². The Morgan fingerprint density at radius 2 is 1.95 bits per heavy atom. The van der Waals surface area contributed by atoms with E-state index < -0.39 is 0 Å². The highest BCUT2D eigenvalue weighted by atomic mass is 15.1. The maximum atomic E-state index is 4.26. The first-order valence-electron chi connectivity index (χ1n) is 7.46. The second-order valence-corrected chi connectivity index (χ2v) is 5.40. The van der Waals surface area contributed by atoms with Crippen LogP contribution in [0.4, 0.5) is 0 Å². The molecule has 1 N–H and O–H groups in total. The molecule has 0 aliphatic rings. The Morgan fingerprint density at radius 3 is 2.59 bits per heavy atom. The molecule has 4 heteroatoms. The number of aromatic nitrogens is 3. The monoisotopic (exact) mass is 292 g/mol. The van der Waals surface area contributed by atoms with Crippen molar-refractivity contribution < 1.29 is 0 Å². The smallest absolute Gasteiger partial charge is 0.110 e. The summed E-state index contributed by atoms with van der Waals surface area (Å²) in [6, 6.07) is 12.9. The van der Waals surface area contributed by atoms with Crippen LogP contribution in [0.2, 0.25) is 0 Å². The number of nitrogens with zero attached hydrogens (tertiary/aromatic N) is 3. The van der Waals surface area contributed by atoms with Crippen LogP contribution in [0.15, 0.2) is 61.2 Å². The van der Waals surface area contributed by atoms with Gasteiger partial charge in [-0.2, -0.15) is 0 Å². The van der Waals surface area contributed by atoms with Crippen molar-refractivity contribution in [1.29, 1.82) is 0 Å². The molecule has 4 nitrogen and oxygen atoms in total. The third kappa shape index (κ3) is 3.23. The molecule has 0 aliphatic carbocycles. The highest BCUT2D eigenvalue weighted by Gasteiger charge is 2.06. The molecular weight excluding hydrogens is 272 g/mol. The standard InChI is InChI=1S/C18H20N4/c1-14(21-13-16-4-3-9-19-12-16)17-5-7-18(8-6-17)22-11-10-20-15(22)2/h3-12,14,21H,13H2,1-2H3/t14-/m0/s1. The third-order valence-electron chi connectivity index (χ3n) is 3.83. The van der Waals surface area contributed by atoms with Crippen LogP contribution in [-0.2, 0) is 6.54 Å². The fourth-order valence-electron chi connectivity index (χ4n) is 2.47. The van der Waals surface area contributed by atoms with Crippen LogP contribution in [0.5, 0.6) is 0 Å². The van der Waals surface area contributed by atoms with Crippen molar-refractivity contribution in [2.75, 3.05) is 0 Å². The molecule has 1 aromatic carbocycles. The van der Waals surface area contributed by atoms with E-state index in [-0.39, 0.29) is 6.04 Å². The summed E-state index contributed by atoms with van der Waals surface area (Å²) in [5, 5.41) is 3.52. The van der Waals surface area contributed by atoms with E-state index in [9.17, 15) is 0 Å². The third-order valence-corrected chi connectivity index (χ3v) is 3.83. The molecule has 0 radical (unpaired) electrons. The molecule has 0 unspecified atom stereocenters. The van der Waals surface area contributed by atoms with Gasteiger partial charge in [0.15, 0.2) is 0 Å².